The highest BCUT2D eigenvalue weighted by atomic mass is 35.5. The number of aliphatic hydroxyl groups excluding tert-OH is 1. The molecule has 0 bridgehead atoms. The Morgan fingerprint density at radius 3 is 2.62 bits per heavy atom. The fraction of sp³-hybridized carbons (Fsp3) is 0.625. The number of benzene rings is 1. The number of aliphatic hydroxyl groups is 1. The number of rotatable bonds is 3. The van der Waals surface area contributed by atoms with Crippen LogP contribution >= 0.6 is 23.2 Å². The molecule has 2 saturated heterocycles. The van der Waals surface area contributed by atoms with Crippen molar-refractivity contribution in [1.29, 1.82) is 0 Å². The lowest BCUT2D eigenvalue weighted by Gasteiger charge is -2.33. The molecule has 2 fully saturated rings. The first kappa shape index (κ1) is 15.6. The summed E-state index contributed by atoms with van der Waals surface area (Å²) in [5.41, 5.74) is 1.04. The maximum atomic E-state index is 10.4. The molecule has 0 saturated carbocycles. The average Bonchev–Trinajstić information content (AvgIpc) is 2.86. The summed E-state index contributed by atoms with van der Waals surface area (Å²) in [6.07, 6.45) is 3.56. The Kier molecular flexibility index (Phi) is 5.07. The third kappa shape index (κ3) is 3.54. The van der Waals surface area contributed by atoms with E-state index in [-0.39, 0.29) is 12.1 Å². The highest BCUT2D eigenvalue weighted by Gasteiger charge is 2.35. The molecule has 1 aromatic rings. The maximum absolute atomic E-state index is 10.4. The molecule has 3 nitrogen and oxygen atoms in total. The zero-order chi connectivity index (χ0) is 14.8. The van der Waals surface area contributed by atoms with Gasteiger partial charge in [0.15, 0.2) is 0 Å². The molecule has 2 heterocycles. The highest BCUT2D eigenvalue weighted by molar-refractivity contribution is 6.42. The van der Waals surface area contributed by atoms with E-state index < -0.39 is 0 Å². The number of nitrogens with zero attached hydrogens (tertiary/aromatic N) is 2. The Labute approximate surface area is 136 Å². The molecule has 1 aromatic carbocycles. The third-order valence-electron chi connectivity index (χ3n) is 4.62. The molecule has 2 aliphatic rings. The van der Waals surface area contributed by atoms with Gasteiger partial charge in [-0.1, -0.05) is 41.8 Å². The SMILES string of the molecule is O[C@@H]1CN(Cc2cccc(Cl)c2Cl)C[C@H]1N1CCCCC1. The first-order chi connectivity index (χ1) is 10.1. The fourth-order valence-electron chi connectivity index (χ4n) is 3.50. The largest absolute Gasteiger partial charge is 0.390 e. The normalized spacial score (nSPS) is 28.1. The molecule has 0 aliphatic carbocycles. The van der Waals surface area contributed by atoms with Crippen LogP contribution in [0, 0.1) is 0 Å². The van der Waals surface area contributed by atoms with Gasteiger partial charge >= 0.3 is 0 Å². The number of likely N-dealkylation sites (tertiary alicyclic amines) is 2. The fourth-order valence-corrected chi connectivity index (χ4v) is 3.88. The number of hydrogen-bond donors (Lipinski definition) is 1. The van der Waals surface area contributed by atoms with Crippen LogP contribution in [0.25, 0.3) is 0 Å². The Balaban J connectivity index is 1.64. The predicted molar refractivity (Wildman–Crippen MR) is 87.0 cm³/mol. The first-order valence-corrected chi connectivity index (χ1v) is 8.48. The Morgan fingerprint density at radius 1 is 1.10 bits per heavy atom. The van der Waals surface area contributed by atoms with Gasteiger partial charge in [0.05, 0.1) is 16.1 Å². The van der Waals surface area contributed by atoms with Crippen molar-refractivity contribution < 1.29 is 5.11 Å². The molecule has 2 atom stereocenters. The molecule has 21 heavy (non-hydrogen) atoms. The van der Waals surface area contributed by atoms with E-state index in [9.17, 15) is 5.11 Å². The molecule has 116 valence electrons. The summed E-state index contributed by atoms with van der Waals surface area (Å²) in [5, 5.41) is 11.6. The van der Waals surface area contributed by atoms with Crippen LogP contribution in [0.1, 0.15) is 24.8 Å². The van der Waals surface area contributed by atoms with Gasteiger partial charge in [0, 0.05) is 25.7 Å². The zero-order valence-corrected chi connectivity index (χ0v) is 13.7. The molecular formula is C16H22Cl2N2O. The van der Waals surface area contributed by atoms with E-state index >= 15 is 0 Å². The molecule has 0 spiro atoms. The second-order valence-corrected chi connectivity index (χ2v) is 6.92. The zero-order valence-electron chi connectivity index (χ0n) is 12.1. The van der Waals surface area contributed by atoms with Gasteiger partial charge in [-0.2, -0.15) is 0 Å². The highest BCUT2D eigenvalue weighted by Crippen LogP contribution is 2.28. The van der Waals surface area contributed by atoms with E-state index in [1.165, 1.54) is 19.3 Å². The minimum atomic E-state index is -0.263. The molecule has 2 aliphatic heterocycles. The predicted octanol–water partition coefficient (Wildman–Crippen LogP) is 3.02. The monoisotopic (exact) mass is 328 g/mol. The Morgan fingerprint density at radius 2 is 1.86 bits per heavy atom. The molecular weight excluding hydrogens is 307 g/mol. The maximum Gasteiger partial charge on any atom is 0.0834 e. The van der Waals surface area contributed by atoms with Crippen molar-refractivity contribution in [1.82, 2.24) is 9.80 Å². The molecule has 0 amide bonds. The van der Waals surface area contributed by atoms with E-state index in [1.54, 1.807) is 0 Å². The topological polar surface area (TPSA) is 26.7 Å². The van der Waals surface area contributed by atoms with Gasteiger partial charge in [-0.15, -0.1) is 0 Å². The molecule has 0 unspecified atom stereocenters. The summed E-state index contributed by atoms with van der Waals surface area (Å²) in [6.45, 7) is 4.61. The van der Waals surface area contributed by atoms with Gasteiger partial charge in [-0.3, -0.25) is 9.80 Å². The molecule has 3 rings (SSSR count). The van der Waals surface area contributed by atoms with Crippen LogP contribution in [0.4, 0.5) is 0 Å². The minimum Gasteiger partial charge on any atom is -0.390 e. The summed E-state index contributed by atoms with van der Waals surface area (Å²) >= 11 is 12.3. The number of halogens is 2. The first-order valence-electron chi connectivity index (χ1n) is 7.72. The van der Waals surface area contributed by atoms with Crippen LogP contribution in [0.5, 0.6) is 0 Å². The average molecular weight is 329 g/mol. The lowest BCUT2D eigenvalue weighted by molar-refractivity contribution is 0.0706. The van der Waals surface area contributed by atoms with Crippen molar-refractivity contribution in [3.63, 3.8) is 0 Å². The second kappa shape index (κ2) is 6.84. The summed E-state index contributed by atoms with van der Waals surface area (Å²) in [7, 11) is 0. The standard InChI is InChI=1S/C16H22Cl2N2O/c17-13-6-4-5-12(16(13)18)9-19-10-14(15(21)11-19)20-7-2-1-3-8-20/h4-6,14-15,21H,1-3,7-11H2/t14-,15-/m1/s1. The number of hydrogen-bond acceptors (Lipinski definition) is 3. The summed E-state index contributed by atoms with van der Waals surface area (Å²) in [5.74, 6) is 0. The quantitative estimate of drug-likeness (QED) is 0.923. The summed E-state index contributed by atoms with van der Waals surface area (Å²) in [4.78, 5) is 4.73. The number of piperidine rings is 1. The van der Waals surface area contributed by atoms with Gasteiger partial charge in [0.1, 0.15) is 0 Å². The van der Waals surface area contributed by atoms with Crippen LogP contribution < -0.4 is 0 Å². The van der Waals surface area contributed by atoms with Gasteiger partial charge < -0.3 is 5.11 Å². The lowest BCUT2D eigenvalue weighted by Crippen LogP contribution is -2.45. The van der Waals surface area contributed by atoms with Crippen molar-refractivity contribution >= 4 is 23.2 Å². The van der Waals surface area contributed by atoms with E-state index in [1.807, 2.05) is 18.2 Å². The smallest absolute Gasteiger partial charge is 0.0834 e. The molecule has 0 aromatic heterocycles. The van der Waals surface area contributed by atoms with Gasteiger partial charge in [0.25, 0.3) is 0 Å². The van der Waals surface area contributed by atoms with E-state index in [2.05, 4.69) is 9.80 Å². The second-order valence-electron chi connectivity index (χ2n) is 6.14. The van der Waals surface area contributed by atoms with Crippen LogP contribution in [0.2, 0.25) is 10.0 Å². The van der Waals surface area contributed by atoms with Crippen molar-refractivity contribution in [3.8, 4) is 0 Å². The summed E-state index contributed by atoms with van der Waals surface area (Å²) < 4.78 is 0. The lowest BCUT2D eigenvalue weighted by atomic mass is 10.1. The van der Waals surface area contributed by atoms with E-state index in [4.69, 9.17) is 23.2 Å². The third-order valence-corrected chi connectivity index (χ3v) is 5.48. The van der Waals surface area contributed by atoms with Gasteiger partial charge in [-0.25, -0.2) is 0 Å². The molecule has 1 N–H and O–H groups in total. The van der Waals surface area contributed by atoms with Crippen molar-refractivity contribution in [3.05, 3.63) is 33.8 Å². The van der Waals surface area contributed by atoms with Crippen LogP contribution in [0.15, 0.2) is 18.2 Å². The Bertz CT molecular complexity index is 491. The van der Waals surface area contributed by atoms with E-state index in [0.29, 0.717) is 16.6 Å². The van der Waals surface area contributed by atoms with Gasteiger partial charge in [0.2, 0.25) is 0 Å². The van der Waals surface area contributed by atoms with Crippen molar-refractivity contribution in [2.75, 3.05) is 26.2 Å². The van der Waals surface area contributed by atoms with Crippen LogP contribution in [-0.2, 0) is 6.54 Å². The van der Waals surface area contributed by atoms with E-state index in [0.717, 1.165) is 31.7 Å². The van der Waals surface area contributed by atoms with Crippen LogP contribution in [0.3, 0.4) is 0 Å². The van der Waals surface area contributed by atoms with Crippen molar-refractivity contribution in [2.24, 2.45) is 0 Å². The van der Waals surface area contributed by atoms with Crippen LogP contribution in [-0.4, -0.2) is 53.2 Å². The summed E-state index contributed by atoms with van der Waals surface area (Å²) in [6, 6.07) is 6.01. The van der Waals surface area contributed by atoms with Gasteiger partial charge in [-0.05, 0) is 37.6 Å². The minimum absolute atomic E-state index is 0.263. The molecule has 5 heteroatoms. The Hall–Kier alpha value is -0.320. The number of β-amino-alcohol motifs (C(OH)–C–C–N with tert-alkyl or cyclic N) is 1. The van der Waals surface area contributed by atoms with Crippen molar-refractivity contribution in [2.45, 2.75) is 38.0 Å². The molecule has 0 radical (unpaired) electrons.